The molecule has 2 atom stereocenters. The zero-order valence-corrected chi connectivity index (χ0v) is 11.2. The Balaban J connectivity index is 2.71. The lowest BCUT2D eigenvalue weighted by Crippen LogP contribution is -2.30. The molecule has 0 radical (unpaired) electrons. The summed E-state index contributed by atoms with van der Waals surface area (Å²) in [6.07, 6.45) is 0.560. The second-order valence-electron chi connectivity index (χ2n) is 4.46. The van der Waals surface area contributed by atoms with Crippen molar-refractivity contribution in [1.29, 1.82) is 0 Å². The Bertz CT molecular complexity index is 397. The lowest BCUT2D eigenvalue weighted by atomic mass is 9.91. The molecule has 0 amide bonds. The number of hydrogen-bond donors (Lipinski definition) is 0. The minimum atomic E-state index is -0.379. The molecule has 0 bridgehead atoms. The van der Waals surface area contributed by atoms with E-state index in [1.807, 2.05) is 30.3 Å². The lowest BCUT2D eigenvalue weighted by molar-refractivity contribution is -0.151. The van der Waals surface area contributed by atoms with Crippen molar-refractivity contribution in [3.63, 3.8) is 0 Å². The van der Waals surface area contributed by atoms with Crippen molar-refractivity contribution in [3.8, 4) is 0 Å². The van der Waals surface area contributed by atoms with Crippen molar-refractivity contribution in [3.05, 3.63) is 35.9 Å². The molecule has 98 valence electrons. The number of rotatable bonds is 6. The number of esters is 1. The molecule has 0 saturated carbocycles. The van der Waals surface area contributed by atoms with Crippen molar-refractivity contribution in [1.82, 2.24) is 0 Å². The standard InChI is InChI=1S/C15H20O3/c1-4-15(17)18-12(3)14(11(2)16)10-13-8-6-5-7-9-13/h5-9,12,14H,4,10H2,1-3H3. The van der Waals surface area contributed by atoms with Crippen LogP contribution in [0.2, 0.25) is 0 Å². The highest BCUT2D eigenvalue weighted by Crippen LogP contribution is 2.16. The third-order valence-electron chi connectivity index (χ3n) is 2.99. The molecular formula is C15H20O3. The van der Waals surface area contributed by atoms with E-state index in [1.165, 1.54) is 0 Å². The molecule has 0 aliphatic heterocycles. The highest BCUT2D eigenvalue weighted by Gasteiger charge is 2.24. The third-order valence-corrected chi connectivity index (χ3v) is 2.99. The van der Waals surface area contributed by atoms with Crippen LogP contribution in [0.5, 0.6) is 0 Å². The molecule has 18 heavy (non-hydrogen) atoms. The van der Waals surface area contributed by atoms with Gasteiger partial charge in [-0.2, -0.15) is 0 Å². The molecule has 1 rings (SSSR count). The summed E-state index contributed by atoms with van der Waals surface area (Å²) < 4.78 is 5.24. The quantitative estimate of drug-likeness (QED) is 0.727. The van der Waals surface area contributed by atoms with Gasteiger partial charge in [-0.25, -0.2) is 0 Å². The summed E-state index contributed by atoms with van der Waals surface area (Å²) in [5.74, 6) is -0.486. The maximum Gasteiger partial charge on any atom is 0.305 e. The first-order valence-electron chi connectivity index (χ1n) is 6.28. The van der Waals surface area contributed by atoms with E-state index in [2.05, 4.69) is 0 Å². The van der Waals surface area contributed by atoms with Crippen molar-refractivity contribution in [2.75, 3.05) is 0 Å². The Morgan fingerprint density at radius 3 is 2.33 bits per heavy atom. The van der Waals surface area contributed by atoms with Crippen LogP contribution in [0.25, 0.3) is 0 Å². The van der Waals surface area contributed by atoms with E-state index in [0.717, 1.165) is 5.56 Å². The first-order valence-corrected chi connectivity index (χ1v) is 6.28. The van der Waals surface area contributed by atoms with Crippen LogP contribution in [0.4, 0.5) is 0 Å². The van der Waals surface area contributed by atoms with Gasteiger partial charge in [0.2, 0.25) is 0 Å². The van der Waals surface area contributed by atoms with Crippen molar-refractivity contribution in [2.24, 2.45) is 5.92 Å². The Kier molecular flexibility index (Phi) is 5.56. The highest BCUT2D eigenvalue weighted by molar-refractivity contribution is 5.79. The number of carbonyl (C=O) groups is 2. The van der Waals surface area contributed by atoms with Crippen LogP contribution in [0.15, 0.2) is 30.3 Å². The summed E-state index contributed by atoms with van der Waals surface area (Å²) >= 11 is 0. The van der Waals surface area contributed by atoms with E-state index >= 15 is 0 Å². The summed E-state index contributed by atoms with van der Waals surface area (Å²) in [6, 6.07) is 9.77. The second-order valence-corrected chi connectivity index (χ2v) is 4.46. The smallest absolute Gasteiger partial charge is 0.305 e. The van der Waals surface area contributed by atoms with Crippen LogP contribution >= 0.6 is 0 Å². The summed E-state index contributed by atoms with van der Waals surface area (Å²) in [7, 11) is 0. The SMILES string of the molecule is CCC(=O)OC(C)C(Cc1ccccc1)C(C)=O. The fraction of sp³-hybridized carbons (Fsp3) is 0.467. The molecule has 0 heterocycles. The molecule has 0 aromatic heterocycles. The summed E-state index contributed by atoms with van der Waals surface area (Å²) in [6.45, 7) is 5.07. The van der Waals surface area contributed by atoms with E-state index < -0.39 is 0 Å². The first kappa shape index (κ1) is 14.4. The molecule has 1 aromatic rings. The van der Waals surface area contributed by atoms with Gasteiger partial charge in [-0.15, -0.1) is 0 Å². The first-order chi connectivity index (χ1) is 8.54. The van der Waals surface area contributed by atoms with Gasteiger partial charge < -0.3 is 4.74 Å². The van der Waals surface area contributed by atoms with Crippen LogP contribution in [-0.2, 0) is 20.7 Å². The zero-order valence-electron chi connectivity index (χ0n) is 11.2. The molecule has 0 saturated heterocycles. The van der Waals surface area contributed by atoms with Gasteiger partial charge in [-0.1, -0.05) is 37.3 Å². The number of carbonyl (C=O) groups excluding carboxylic acids is 2. The lowest BCUT2D eigenvalue weighted by Gasteiger charge is -2.21. The van der Waals surface area contributed by atoms with Gasteiger partial charge in [0.05, 0.1) is 5.92 Å². The van der Waals surface area contributed by atoms with Gasteiger partial charge in [0.1, 0.15) is 11.9 Å². The number of ketones is 1. The van der Waals surface area contributed by atoms with Crippen LogP contribution in [-0.4, -0.2) is 17.9 Å². The van der Waals surface area contributed by atoms with Gasteiger partial charge in [0.25, 0.3) is 0 Å². The molecule has 1 aromatic carbocycles. The summed E-state index contributed by atoms with van der Waals surface area (Å²) in [4.78, 5) is 22.9. The molecule has 0 N–H and O–H groups in total. The maximum atomic E-state index is 11.7. The van der Waals surface area contributed by atoms with Gasteiger partial charge >= 0.3 is 5.97 Å². The maximum absolute atomic E-state index is 11.7. The monoisotopic (exact) mass is 248 g/mol. The van der Waals surface area contributed by atoms with Gasteiger partial charge in [0, 0.05) is 6.42 Å². The van der Waals surface area contributed by atoms with E-state index in [1.54, 1.807) is 20.8 Å². The largest absolute Gasteiger partial charge is 0.462 e. The van der Waals surface area contributed by atoms with Gasteiger partial charge in [-0.3, -0.25) is 9.59 Å². The van der Waals surface area contributed by atoms with Crippen LogP contribution in [0.1, 0.15) is 32.8 Å². The fourth-order valence-electron chi connectivity index (χ4n) is 1.88. The van der Waals surface area contributed by atoms with Gasteiger partial charge in [0.15, 0.2) is 0 Å². The summed E-state index contributed by atoms with van der Waals surface area (Å²) in [5, 5.41) is 0. The highest BCUT2D eigenvalue weighted by atomic mass is 16.5. The van der Waals surface area contributed by atoms with Crippen molar-refractivity contribution < 1.29 is 14.3 Å². The minimum absolute atomic E-state index is 0.0512. The van der Waals surface area contributed by atoms with E-state index in [0.29, 0.717) is 12.8 Å². The van der Waals surface area contributed by atoms with Crippen LogP contribution in [0, 0.1) is 5.92 Å². The average Bonchev–Trinajstić information content (AvgIpc) is 2.36. The van der Waals surface area contributed by atoms with Crippen molar-refractivity contribution in [2.45, 2.75) is 39.7 Å². The number of hydrogen-bond acceptors (Lipinski definition) is 3. The van der Waals surface area contributed by atoms with E-state index in [4.69, 9.17) is 4.74 Å². The predicted octanol–water partition coefficient (Wildman–Crippen LogP) is 2.78. The Labute approximate surface area is 108 Å². The van der Waals surface area contributed by atoms with E-state index in [-0.39, 0.29) is 23.8 Å². The van der Waals surface area contributed by atoms with Gasteiger partial charge in [-0.05, 0) is 25.8 Å². The molecule has 3 heteroatoms. The number of Topliss-reactive ketones (excluding diaryl/α,β-unsaturated/α-hetero) is 1. The molecule has 0 spiro atoms. The third kappa shape index (κ3) is 4.32. The number of benzene rings is 1. The molecule has 2 unspecified atom stereocenters. The zero-order chi connectivity index (χ0) is 13.5. The normalized spacial score (nSPS) is 13.7. The van der Waals surface area contributed by atoms with Crippen molar-refractivity contribution >= 4 is 11.8 Å². The molecular weight excluding hydrogens is 228 g/mol. The Morgan fingerprint density at radius 1 is 1.22 bits per heavy atom. The Morgan fingerprint density at radius 2 is 1.83 bits per heavy atom. The molecule has 0 aliphatic carbocycles. The fourth-order valence-corrected chi connectivity index (χ4v) is 1.88. The second kappa shape index (κ2) is 6.94. The topological polar surface area (TPSA) is 43.4 Å². The Hall–Kier alpha value is -1.64. The predicted molar refractivity (Wildman–Crippen MR) is 70.2 cm³/mol. The van der Waals surface area contributed by atoms with Crippen LogP contribution in [0.3, 0.4) is 0 Å². The van der Waals surface area contributed by atoms with E-state index in [9.17, 15) is 9.59 Å². The molecule has 3 nitrogen and oxygen atoms in total. The van der Waals surface area contributed by atoms with Crippen LogP contribution < -0.4 is 0 Å². The minimum Gasteiger partial charge on any atom is -0.462 e. The summed E-state index contributed by atoms with van der Waals surface area (Å²) in [5.41, 5.74) is 1.08. The molecule has 0 fully saturated rings. The average molecular weight is 248 g/mol. The molecule has 0 aliphatic rings. The number of ether oxygens (including phenoxy) is 1.